The summed E-state index contributed by atoms with van der Waals surface area (Å²) in [6.45, 7) is 0. The lowest BCUT2D eigenvalue weighted by Gasteiger charge is -2.09. The van der Waals surface area contributed by atoms with Gasteiger partial charge in [-0.25, -0.2) is 0 Å². The Morgan fingerprint density at radius 2 is 1.79 bits per heavy atom. The highest BCUT2D eigenvalue weighted by molar-refractivity contribution is 5.35. The van der Waals surface area contributed by atoms with E-state index in [-0.39, 0.29) is 0 Å². The molecule has 1 aliphatic rings. The van der Waals surface area contributed by atoms with Gasteiger partial charge in [-0.15, -0.1) is 9.74 Å². The molecule has 1 atom stereocenters. The van der Waals surface area contributed by atoms with Crippen LogP contribution in [0.5, 0.6) is 0 Å². The van der Waals surface area contributed by atoms with Crippen LogP contribution in [-0.2, 0) is 5.66 Å². The van der Waals surface area contributed by atoms with Crippen LogP contribution in [0.15, 0.2) is 26.8 Å². The van der Waals surface area contributed by atoms with Crippen LogP contribution in [0.4, 0.5) is 5.82 Å². The molecule has 0 aliphatic carbocycles. The molecule has 14 nitrogen and oxygen atoms in total. The number of hydrogen-bond donors (Lipinski definition) is 0. The van der Waals surface area contributed by atoms with Gasteiger partial charge in [0.2, 0.25) is 0 Å². The summed E-state index contributed by atoms with van der Waals surface area (Å²) in [5.74, 6) is -1.15. The summed E-state index contributed by atoms with van der Waals surface area (Å²) >= 11 is 0. The van der Waals surface area contributed by atoms with Crippen molar-refractivity contribution in [1.82, 2.24) is 10.3 Å². The molecule has 1 aliphatic heterocycles. The Bertz CT molecular complexity index is 646. The summed E-state index contributed by atoms with van der Waals surface area (Å²) in [4.78, 5) is 29.0. The molecule has 2 rings (SSSR count). The third kappa shape index (κ3) is 1.50. The quantitative estimate of drug-likeness (QED) is 0.534. The maximum Gasteiger partial charge on any atom is 0.475 e. The van der Waals surface area contributed by atoms with Crippen LogP contribution in [0.1, 0.15) is 5.69 Å². The van der Waals surface area contributed by atoms with Gasteiger partial charge in [0.05, 0.1) is 9.85 Å². The highest BCUT2D eigenvalue weighted by atomic mass is 16.7. The highest BCUT2D eigenvalue weighted by Crippen LogP contribution is 2.41. The minimum absolute atomic E-state index is 0.501. The van der Waals surface area contributed by atoms with Crippen molar-refractivity contribution < 1.29 is 19.4 Å². The molecule has 0 saturated carbocycles. The van der Waals surface area contributed by atoms with Gasteiger partial charge < -0.3 is 10.1 Å². The van der Waals surface area contributed by atoms with Crippen LogP contribution in [0.25, 0.3) is 0 Å². The fourth-order valence-electron chi connectivity index (χ4n) is 1.39. The number of rotatable bonds is 4. The molecule has 14 heteroatoms. The van der Waals surface area contributed by atoms with E-state index in [1.165, 1.54) is 0 Å². The van der Waals surface area contributed by atoms with E-state index in [1.807, 2.05) is 0 Å². The molecule has 1 aromatic heterocycles. The summed E-state index contributed by atoms with van der Waals surface area (Å²) in [6, 6.07) is 0. The summed E-state index contributed by atoms with van der Waals surface area (Å²) in [7, 11) is 0. The minimum atomic E-state index is -2.94. The third-order valence-corrected chi connectivity index (χ3v) is 2.17. The summed E-state index contributed by atoms with van der Waals surface area (Å²) in [5.41, 5.74) is -5.06. The van der Waals surface area contributed by atoms with Gasteiger partial charge >= 0.3 is 22.9 Å². The van der Waals surface area contributed by atoms with Crippen LogP contribution in [0, 0.1) is 30.3 Å². The molecule has 0 saturated heterocycles. The Balaban J connectivity index is 2.72. The van der Waals surface area contributed by atoms with E-state index in [0.717, 1.165) is 0 Å². The first-order valence-electron chi connectivity index (χ1n) is 4.30. The summed E-state index contributed by atoms with van der Waals surface area (Å²) in [5, 5.41) is 44.4. The Labute approximate surface area is 100 Å². The van der Waals surface area contributed by atoms with Gasteiger partial charge in [-0.3, -0.25) is 20.2 Å². The standard InChI is InChI=1S/C5HN7O7/c13-10(14)2-1-6-9-5(2,12(17)18)3-4(11(15)16)8-19-7-3/h1H. The predicted molar refractivity (Wildman–Crippen MR) is 49.6 cm³/mol. The van der Waals surface area contributed by atoms with E-state index in [0.29, 0.717) is 6.20 Å². The molecule has 0 radical (unpaired) electrons. The summed E-state index contributed by atoms with van der Waals surface area (Å²) in [6.07, 6.45) is 0.501. The Morgan fingerprint density at radius 3 is 2.32 bits per heavy atom. The molecule has 0 amide bonds. The van der Waals surface area contributed by atoms with E-state index in [2.05, 4.69) is 25.2 Å². The lowest BCUT2D eigenvalue weighted by molar-refractivity contribution is -0.604. The van der Waals surface area contributed by atoms with Crippen molar-refractivity contribution in [3.8, 4) is 0 Å². The monoisotopic (exact) mass is 271 g/mol. The van der Waals surface area contributed by atoms with Crippen molar-refractivity contribution in [2.24, 2.45) is 10.2 Å². The normalized spacial score (nSPS) is 21.2. The number of azo groups is 1. The lowest BCUT2D eigenvalue weighted by Crippen LogP contribution is -2.37. The van der Waals surface area contributed by atoms with Crippen LogP contribution in [0.2, 0.25) is 0 Å². The second-order valence-corrected chi connectivity index (χ2v) is 3.11. The fraction of sp³-hybridized carbons (Fsp3) is 0.200. The first-order chi connectivity index (χ1) is 8.91. The molecule has 2 heterocycles. The topological polar surface area (TPSA) is 193 Å². The molecule has 1 aromatic rings. The van der Waals surface area contributed by atoms with Crippen molar-refractivity contribution in [2.45, 2.75) is 5.66 Å². The molecular weight excluding hydrogens is 270 g/mol. The van der Waals surface area contributed by atoms with Gasteiger partial charge in [0.1, 0.15) is 6.20 Å². The Kier molecular flexibility index (Phi) is 2.47. The highest BCUT2D eigenvalue weighted by Gasteiger charge is 2.67. The Hall–Kier alpha value is -3.32. The zero-order chi connectivity index (χ0) is 14.2. The average Bonchev–Trinajstić information content (AvgIpc) is 2.95. The number of aromatic nitrogens is 2. The number of nitro groups is 3. The van der Waals surface area contributed by atoms with Crippen molar-refractivity contribution in [1.29, 1.82) is 0 Å². The van der Waals surface area contributed by atoms with Gasteiger partial charge in [-0.2, -0.15) is 0 Å². The number of hydrogen-bond acceptors (Lipinski definition) is 11. The van der Waals surface area contributed by atoms with Crippen LogP contribution < -0.4 is 0 Å². The minimum Gasteiger partial charge on any atom is -0.358 e. The van der Waals surface area contributed by atoms with E-state index in [4.69, 9.17) is 0 Å². The van der Waals surface area contributed by atoms with Crippen LogP contribution in [0.3, 0.4) is 0 Å². The largest absolute Gasteiger partial charge is 0.475 e. The van der Waals surface area contributed by atoms with Crippen molar-refractivity contribution >= 4 is 5.82 Å². The molecule has 0 spiro atoms. The first kappa shape index (κ1) is 12.1. The molecule has 0 fully saturated rings. The maximum atomic E-state index is 11.1. The van der Waals surface area contributed by atoms with E-state index in [9.17, 15) is 30.3 Å². The smallest absolute Gasteiger partial charge is 0.358 e. The SMILES string of the molecule is O=[N+]([O-])C1=CN=NC1(c1nonc1[N+](=O)[O-])[N+](=O)[O-]. The lowest BCUT2D eigenvalue weighted by atomic mass is 10.1. The van der Waals surface area contributed by atoms with Gasteiger partial charge in [-0.05, 0) is 10.1 Å². The van der Waals surface area contributed by atoms with Gasteiger partial charge in [-0.1, -0.05) is 5.11 Å². The van der Waals surface area contributed by atoms with Crippen molar-refractivity contribution in [3.63, 3.8) is 0 Å². The second-order valence-electron chi connectivity index (χ2n) is 3.11. The van der Waals surface area contributed by atoms with Gasteiger partial charge in [0, 0.05) is 0 Å². The predicted octanol–water partition coefficient (Wildman–Crippen LogP) is -0.00880. The van der Waals surface area contributed by atoms with Crippen molar-refractivity contribution in [3.05, 3.63) is 47.9 Å². The van der Waals surface area contributed by atoms with Gasteiger partial charge in [0.25, 0.3) is 0 Å². The molecule has 1 unspecified atom stereocenters. The zero-order valence-electron chi connectivity index (χ0n) is 8.57. The number of nitrogens with zero attached hydrogens (tertiary/aromatic N) is 7. The van der Waals surface area contributed by atoms with E-state index < -0.39 is 37.6 Å². The van der Waals surface area contributed by atoms with Crippen molar-refractivity contribution in [2.75, 3.05) is 0 Å². The molecule has 19 heavy (non-hydrogen) atoms. The summed E-state index contributed by atoms with van der Waals surface area (Å²) < 4.78 is 4.03. The average molecular weight is 271 g/mol. The molecule has 0 bridgehead atoms. The van der Waals surface area contributed by atoms with Crippen LogP contribution >= 0.6 is 0 Å². The third-order valence-electron chi connectivity index (χ3n) is 2.17. The first-order valence-corrected chi connectivity index (χ1v) is 4.30. The molecule has 98 valence electrons. The fourth-order valence-corrected chi connectivity index (χ4v) is 1.39. The van der Waals surface area contributed by atoms with E-state index >= 15 is 0 Å². The second kappa shape index (κ2) is 3.86. The maximum absolute atomic E-state index is 11.1. The zero-order valence-corrected chi connectivity index (χ0v) is 8.57. The van der Waals surface area contributed by atoms with Gasteiger partial charge in [0.15, 0.2) is 5.16 Å². The molecule has 0 N–H and O–H groups in total. The Morgan fingerprint density at radius 1 is 1.11 bits per heavy atom. The molecule has 0 aromatic carbocycles. The van der Waals surface area contributed by atoms with Crippen LogP contribution in [-0.4, -0.2) is 25.1 Å². The van der Waals surface area contributed by atoms with E-state index in [1.54, 1.807) is 0 Å². The molecular formula is C5HN7O7.